The minimum Gasteiger partial charge on any atom is -0.287 e. The molecule has 0 aliphatic carbocycles. The molecule has 1 aliphatic rings. The van der Waals surface area contributed by atoms with E-state index in [9.17, 15) is 0 Å². The molecule has 2 rings (SSSR count). The molecule has 1 atom stereocenters. The van der Waals surface area contributed by atoms with Crippen LogP contribution in [0.1, 0.15) is 33.5 Å². The van der Waals surface area contributed by atoms with Crippen LogP contribution in [0.2, 0.25) is 0 Å². The molecule has 1 aliphatic heterocycles. The number of fused-ring (bicyclic) bond motifs is 1. The van der Waals surface area contributed by atoms with Crippen molar-refractivity contribution in [2.24, 2.45) is 0 Å². The van der Waals surface area contributed by atoms with Crippen molar-refractivity contribution in [2.45, 2.75) is 52.4 Å². The summed E-state index contributed by atoms with van der Waals surface area (Å²) in [5.41, 5.74) is 0.205. The fourth-order valence-corrected chi connectivity index (χ4v) is 2.12. The van der Waals surface area contributed by atoms with Crippen molar-refractivity contribution >= 4 is 0 Å². The van der Waals surface area contributed by atoms with Crippen molar-refractivity contribution < 1.29 is 0 Å². The zero-order valence-corrected chi connectivity index (χ0v) is 9.36. The van der Waals surface area contributed by atoms with Gasteiger partial charge < -0.3 is 0 Å². The highest BCUT2D eigenvalue weighted by Crippen LogP contribution is 2.23. The molecule has 0 saturated heterocycles. The SMILES string of the molecule is C[C@H]1Cn2ncnc2CN1C(C)(C)C. The van der Waals surface area contributed by atoms with Crippen LogP contribution in [0.15, 0.2) is 6.33 Å². The van der Waals surface area contributed by atoms with Crippen molar-refractivity contribution in [2.75, 3.05) is 0 Å². The van der Waals surface area contributed by atoms with E-state index >= 15 is 0 Å². The first-order valence-corrected chi connectivity index (χ1v) is 5.12. The van der Waals surface area contributed by atoms with Crippen molar-refractivity contribution in [3.8, 4) is 0 Å². The summed E-state index contributed by atoms with van der Waals surface area (Å²) < 4.78 is 2.01. The molecule has 0 bridgehead atoms. The first-order valence-electron chi connectivity index (χ1n) is 5.12. The quantitative estimate of drug-likeness (QED) is 0.624. The third kappa shape index (κ3) is 1.54. The van der Waals surface area contributed by atoms with E-state index in [1.54, 1.807) is 6.33 Å². The molecule has 4 nitrogen and oxygen atoms in total. The van der Waals surface area contributed by atoms with E-state index < -0.39 is 0 Å². The largest absolute Gasteiger partial charge is 0.287 e. The van der Waals surface area contributed by atoms with Crippen LogP contribution < -0.4 is 0 Å². The van der Waals surface area contributed by atoms with Crippen LogP contribution in [0.4, 0.5) is 0 Å². The fourth-order valence-electron chi connectivity index (χ4n) is 2.12. The van der Waals surface area contributed by atoms with E-state index in [-0.39, 0.29) is 5.54 Å². The Morgan fingerprint density at radius 3 is 2.79 bits per heavy atom. The summed E-state index contributed by atoms with van der Waals surface area (Å²) in [4.78, 5) is 6.73. The van der Waals surface area contributed by atoms with E-state index in [2.05, 4.69) is 42.7 Å². The van der Waals surface area contributed by atoms with Gasteiger partial charge in [-0.05, 0) is 27.7 Å². The summed E-state index contributed by atoms with van der Waals surface area (Å²) in [6.45, 7) is 10.8. The standard InChI is InChI=1S/C10H18N4/c1-8-5-14-9(11-7-12-14)6-13(8)10(2,3)4/h7-8H,5-6H2,1-4H3/t8-/m0/s1. The Hall–Kier alpha value is -0.900. The van der Waals surface area contributed by atoms with Gasteiger partial charge in [0.05, 0.1) is 13.1 Å². The topological polar surface area (TPSA) is 34.0 Å². The molecule has 1 aromatic rings. The second-order valence-corrected chi connectivity index (χ2v) is 5.01. The van der Waals surface area contributed by atoms with Gasteiger partial charge in [0.2, 0.25) is 0 Å². The first kappa shape index (κ1) is 9.65. The summed E-state index contributed by atoms with van der Waals surface area (Å²) in [5.74, 6) is 1.08. The van der Waals surface area contributed by atoms with Crippen molar-refractivity contribution in [1.82, 2.24) is 19.7 Å². The predicted molar refractivity (Wildman–Crippen MR) is 54.8 cm³/mol. The smallest absolute Gasteiger partial charge is 0.141 e. The van der Waals surface area contributed by atoms with Crippen molar-refractivity contribution in [1.29, 1.82) is 0 Å². The maximum absolute atomic E-state index is 4.27. The predicted octanol–water partition coefficient (Wildman–Crippen LogP) is 1.28. The molecule has 0 fully saturated rings. The Kier molecular flexibility index (Phi) is 2.10. The van der Waals surface area contributed by atoms with Gasteiger partial charge in [0.15, 0.2) is 0 Å². The minimum atomic E-state index is 0.205. The normalized spacial score (nSPS) is 23.6. The highest BCUT2D eigenvalue weighted by Gasteiger charge is 2.31. The van der Waals surface area contributed by atoms with Gasteiger partial charge in [0.1, 0.15) is 12.2 Å². The number of hydrogen-bond donors (Lipinski definition) is 0. The number of nitrogens with zero attached hydrogens (tertiary/aromatic N) is 4. The van der Waals surface area contributed by atoms with Gasteiger partial charge in [0, 0.05) is 11.6 Å². The summed E-state index contributed by atoms with van der Waals surface area (Å²) >= 11 is 0. The highest BCUT2D eigenvalue weighted by molar-refractivity contribution is 4.95. The molecule has 4 heteroatoms. The molecule has 0 aromatic carbocycles. The van der Waals surface area contributed by atoms with E-state index in [4.69, 9.17) is 0 Å². The van der Waals surface area contributed by atoms with E-state index in [1.807, 2.05) is 4.68 Å². The van der Waals surface area contributed by atoms with Gasteiger partial charge in [-0.25, -0.2) is 9.67 Å². The Morgan fingerprint density at radius 1 is 1.43 bits per heavy atom. The molecular formula is C10H18N4. The van der Waals surface area contributed by atoms with Gasteiger partial charge in [-0.1, -0.05) is 0 Å². The maximum Gasteiger partial charge on any atom is 0.141 e. The van der Waals surface area contributed by atoms with Crippen LogP contribution in [-0.2, 0) is 13.1 Å². The summed E-state index contributed by atoms with van der Waals surface area (Å²) in [6.07, 6.45) is 1.65. The Balaban J connectivity index is 2.26. The van der Waals surface area contributed by atoms with Crippen LogP contribution in [0.25, 0.3) is 0 Å². The maximum atomic E-state index is 4.27. The lowest BCUT2D eigenvalue weighted by atomic mass is 10.0. The van der Waals surface area contributed by atoms with Crippen LogP contribution in [0.3, 0.4) is 0 Å². The number of rotatable bonds is 0. The average molecular weight is 194 g/mol. The lowest BCUT2D eigenvalue weighted by Crippen LogP contribution is -2.51. The van der Waals surface area contributed by atoms with E-state index in [0.717, 1.165) is 18.9 Å². The Bertz CT molecular complexity index is 323. The minimum absolute atomic E-state index is 0.205. The summed E-state index contributed by atoms with van der Waals surface area (Å²) in [7, 11) is 0. The molecule has 0 unspecified atom stereocenters. The summed E-state index contributed by atoms with van der Waals surface area (Å²) in [6, 6.07) is 0.532. The zero-order chi connectivity index (χ0) is 10.3. The molecule has 14 heavy (non-hydrogen) atoms. The molecule has 2 heterocycles. The van der Waals surface area contributed by atoms with Crippen LogP contribution in [-0.4, -0.2) is 31.2 Å². The zero-order valence-electron chi connectivity index (χ0n) is 9.36. The van der Waals surface area contributed by atoms with Crippen molar-refractivity contribution in [3.05, 3.63) is 12.2 Å². The molecule has 0 N–H and O–H groups in total. The molecule has 78 valence electrons. The first-order chi connectivity index (χ1) is 6.48. The Labute approximate surface area is 84.9 Å². The molecule has 0 spiro atoms. The van der Waals surface area contributed by atoms with Gasteiger partial charge in [0.25, 0.3) is 0 Å². The lowest BCUT2D eigenvalue weighted by Gasteiger charge is -2.42. The van der Waals surface area contributed by atoms with Gasteiger partial charge in [-0.2, -0.15) is 5.10 Å². The van der Waals surface area contributed by atoms with Gasteiger partial charge in [-0.15, -0.1) is 0 Å². The van der Waals surface area contributed by atoms with E-state index in [0.29, 0.717) is 6.04 Å². The number of aromatic nitrogens is 3. The van der Waals surface area contributed by atoms with Crippen molar-refractivity contribution in [3.63, 3.8) is 0 Å². The van der Waals surface area contributed by atoms with Crippen LogP contribution in [0, 0.1) is 0 Å². The monoisotopic (exact) mass is 194 g/mol. The molecule has 1 aromatic heterocycles. The molecule has 0 saturated carbocycles. The third-order valence-corrected chi connectivity index (χ3v) is 2.84. The fraction of sp³-hybridized carbons (Fsp3) is 0.800. The average Bonchev–Trinajstić information content (AvgIpc) is 2.47. The highest BCUT2D eigenvalue weighted by atomic mass is 15.4. The third-order valence-electron chi connectivity index (χ3n) is 2.84. The molecule has 0 amide bonds. The van der Waals surface area contributed by atoms with Crippen LogP contribution in [0.5, 0.6) is 0 Å². The second kappa shape index (κ2) is 3.05. The second-order valence-electron chi connectivity index (χ2n) is 5.01. The Morgan fingerprint density at radius 2 is 2.14 bits per heavy atom. The van der Waals surface area contributed by atoms with E-state index in [1.165, 1.54) is 0 Å². The van der Waals surface area contributed by atoms with Gasteiger partial charge >= 0.3 is 0 Å². The molecular weight excluding hydrogens is 176 g/mol. The lowest BCUT2D eigenvalue weighted by molar-refractivity contribution is 0.0470. The summed E-state index contributed by atoms with van der Waals surface area (Å²) in [5, 5.41) is 4.20. The van der Waals surface area contributed by atoms with Gasteiger partial charge in [-0.3, -0.25) is 4.90 Å². The van der Waals surface area contributed by atoms with Crippen LogP contribution >= 0.6 is 0 Å². The molecule has 0 radical (unpaired) electrons. The number of hydrogen-bond acceptors (Lipinski definition) is 3.